The lowest BCUT2D eigenvalue weighted by Crippen LogP contribution is -2.33. The van der Waals surface area contributed by atoms with Crippen molar-refractivity contribution in [2.24, 2.45) is 0 Å². The zero-order chi connectivity index (χ0) is 17.3. The Morgan fingerprint density at radius 1 is 0.917 bits per heavy atom. The highest BCUT2D eigenvalue weighted by Crippen LogP contribution is 2.05. The molecule has 0 aliphatic rings. The smallest absolute Gasteiger partial charge is 0.287 e. The Morgan fingerprint density at radius 3 is 1.79 bits per heavy atom. The molecular weight excluding hydrogens is 326 g/mol. The molecule has 0 fully saturated rings. The molecular formula is C18H25NO4S. The summed E-state index contributed by atoms with van der Waals surface area (Å²) in [7, 11) is 2.60. The summed E-state index contributed by atoms with van der Waals surface area (Å²) in [6.45, 7) is 1.10. The second kappa shape index (κ2) is 10.00. The van der Waals surface area contributed by atoms with E-state index in [2.05, 4.69) is 51.5 Å². The Morgan fingerprint density at radius 2 is 1.38 bits per heavy atom. The summed E-state index contributed by atoms with van der Waals surface area (Å²) in [5.41, 5.74) is 2.13. The molecule has 0 saturated heterocycles. The average molecular weight is 351 g/mol. The molecule has 132 valence electrons. The third-order valence-electron chi connectivity index (χ3n) is 2.73. The molecule has 0 spiro atoms. The minimum Gasteiger partial charge on any atom is -0.870 e. The van der Waals surface area contributed by atoms with Crippen LogP contribution in [0.2, 0.25) is 0 Å². The molecule has 0 amide bonds. The molecule has 0 aliphatic carbocycles. The summed E-state index contributed by atoms with van der Waals surface area (Å²) in [5, 5.41) is 0.752. The predicted molar refractivity (Wildman–Crippen MR) is 97.1 cm³/mol. The van der Waals surface area contributed by atoms with E-state index < -0.39 is 10.1 Å². The van der Waals surface area contributed by atoms with Gasteiger partial charge in [0.2, 0.25) is 0 Å². The largest absolute Gasteiger partial charge is 0.870 e. The molecule has 0 heterocycles. The van der Waals surface area contributed by atoms with E-state index in [1.807, 2.05) is 6.07 Å². The SMILES string of the molecule is C[N+](C)(C)Cc1ccccc1.O=S(=O)(O)C=Cc1ccccc1.[OH-]. The van der Waals surface area contributed by atoms with Gasteiger partial charge in [0.05, 0.1) is 26.6 Å². The highest BCUT2D eigenvalue weighted by atomic mass is 32.2. The first kappa shape index (κ1) is 22.0. The maximum Gasteiger partial charge on any atom is 0.287 e. The first-order valence-electron chi connectivity index (χ1n) is 7.21. The fraction of sp³-hybridized carbons (Fsp3) is 0.222. The highest BCUT2D eigenvalue weighted by Gasteiger charge is 2.06. The van der Waals surface area contributed by atoms with Gasteiger partial charge in [0.25, 0.3) is 10.1 Å². The van der Waals surface area contributed by atoms with Gasteiger partial charge in [-0.05, 0) is 11.6 Å². The maximum atomic E-state index is 10.3. The number of quaternary nitrogens is 1. The summed E-state index contributed by atoms with van der Waals surface area (Å²) in [6, 6.07) is 19.4. The molecule has 0 bridgehead atoms. The molecule has 0 saturated carbocycles. The molecule has 0 radical (unpaired) electrons. The standard InChI is InChI=1S/C10H16N.C8H8O3S.H2O/c1-11(2,3)9-10-7-5-4-6-8-10;9-12(10,11)7-6-8-4-2-1-3-5-8;/h4-8H,9H2,1-3H3;1-7H,(H,9,10,11);1H2/q+1;;/p-1. The van der Waals surface area contributed by atoms with Crippen molar-refractivity contribution in [2.75, 3.05) is 21.1 Å². The molecule has 0 aromatic heterocycles. The van der Waals surface area contributed by atoms with E-state index in [0.717, 1.165) is 22.0 Å². The summed E-state index contributed by atoms with van der Waals surface area (Å²) in [4.78, 5) is 0. The predicted octanol–water partition coefficient (Wildman–Crippen LogP) is 3.26. The van der Waals surface area contributed by atoms with E-state index in [-0.39, 0.29) is 5.48 Å². The van der Waals surface area contributed by atoms with Gasteiger partial charge < -0.3 is 9.96 Å². The van der Waals surface area contributed by atoms with Crippen molar-refractivity contribution in [3.8, 4) is 0 Å². The van der Waals surface area contributed by atoms with Crippen LogP contribution in [0.5, 0.6) is 0 Å². The van der Waals surface area contributed by atoms with Crippen LogP contribution >= 0.6 is 0 Å². The van der Waals surface area contributed by atoms with E-state index in [1.165, 1.54) is 11.6 Å². The summed E-state index contributed by atoms with van der Waals surface area (Å²) in [5.74, 6) is 0. The first-order valence-corrected chi connectivity index (χ1v) is 8.71. The molecule has 2 aromatic carbocycles. The number of benzene rings is 2. The third kappa shape index (κ3) is 11.6. The van der Waals surface area contributed by atoms with Crippen molar-refractivity contribution in [1.82, 2.24) is 0 Å². The average Bonchev–Trinajstić information content (AvgIpc) is 2.46. The molecule has 0 unspecified atom stereocenters. The van der Waals surface area contributed by atoms with Crippen molar-refractivity contribution in [1.29, 1.82) is 0 Å². The minimum absolute atomic E-state index is 0. The Balaban J connectivity index is 0.000000425. The van der Waals surface area contributed by atoms with Crippen LogP contribution in [-0.4, -0.2) is 44.1 Å². The molecule has 24 heavy (non-hydrogen) atoms. The van der Waals surface area contributed by atoms with Crippen molar-refractivity contribution in [2.45, 2.75) is 6.54 Å². The van der Waals surface area contributed by atoms with Crippen molar-refractivity contribution in [3.63, 3.8) is 0 Å². The maximum absolute atomic E-state index is 10.3. The fourth-order valence-corrected chi connectivity index (χ4v) is 2.19. The Bertz CT molecular complexity index is 706. The van der Waals surface area contributed by atoms with E-state index in [4.69, 9.17) is 4.55 Å². The Labute approximate surface area is 144 Å². The molecule has 0 aliphatic heterocycles. The minimum atomic E-state index is -4.00. The Kier molecular flexibility index (Phi) is 9.17. The van der Waals surface area contributed by atoms with Crippen molar-refractivity contribution >= 4 is 16.2 Å². The Hall–Kier alpha value is -1.99. The zero-order valence-electron chi connectivity index (χ0n) is 14.2. The van der Waals surface area contributed by atoms with Crippen LogP contribution in [-0.2, 0) is 16.7 Å². The van der Waals surface area contributed by atoms with Gasteiger partial charge in [0, 0.05) is 5.56 Å². The number of rotatable bonds is 4. The number of hydrogen-bond acceptors (Lipinski definition) is 3. The van der Waals surface area contributed by atoms with Crippen LogP contribution < -0.4 is 0 Å². The van der Waals surface area contributed by atoms with E-state index in [9.17, 15) is 8.42 Å². The zero-order valence-corrected chi connectivity index (χ0v) is 15.0. The first-order chi connectivity index (χ1) is 10.7. The van der Waals surface area contributed by atoms with Crippen LogP contribution in [0, 0.1) is 0 Å². The second-order valence-corrected chi connectivity index (χ2v) is 7.46. The van der Waals surface area contributed by atoms with E-state index in [1.54, 1.807) is 24.3 Å². The lowest BCUT2D eigenvalue weighted by Gasteiger charge is -2.23. The van der Waals surface area contributed by atoms with Crippen LogP contribution in [0.15, 0.2) is 66.1 Å². The quantitative estimate of drug-likeness (QED) is 0.677. The van der Waals surface area contributed by atoms with Gasteiger partial charge in [-0.2, -0.15) is 8.42 Å². The van der Waals surface area contributed by atoms with E-state index in [0.29, 0.717) is 0 Å². The van der Waals surface area contributed by atoms with Gasteiger partial charge in [-0.15, -0.1) is 0 Å². The second-order valence-electron chi connectivity index (χ2n) is 6.16. The van der Waals surface area contributed by atoms with Gasteiger partial charge in [0.1, 0.15) is 6.54 Å². The topological polar surface area (TPSA) is 84.4 Å². The van der Waals surface area contributed by atoms with Gasteiger partial charge in [-0.1, -0.05) is 60.7 Å². The molecule has 0 atom stereocenters. The lowest BCUT2D eigenvalue weighted by atomic mass is 10.2. The number of nitrogens with zero attached hydrogens (tertiary/aromatic N) is 1. The van der Waals surface area contributed by atoms with Gasteiger partial charge in [-0.25, -0.2) is 0 Å². The highest BCUT2D eigenvalue weighted by molar-refractivity contribution is 7.88. The van der Waals surface area contributed by atoms with Crippen LogP contribution in [0.1, 0.15) is 11.1 Å². The molecule has 2 aromatic rings. The van der Waals surface area contributed by atoms with Crippen molar-refractivity contribution in [3.05, 3.63) is 77.2 Å². The van der Waals surface area contributed by atoms with Gasteiger partial charge in [-0.3, -0.25) is 4.55 Å². The van der Waals surface area contributed by atoms with Gasteiger partial charge in [0.15, 0.2) is 0 Å². The molecule has 5 nitrogen and oxygen atoms in total. The third-order valence-corrected chi connectivity index (χ3v) is 3.21. The fourth-order valence-electron chi connectivity index (χ4n) is 1.86. The monoisotopic (exact) mass is 351 g/mol. The normalized spacial score (nSPS) is 11.3. The molecule has 2 N–H and O–H groups in total. The summed E-state index contributed by atoms with van der Waals surface area (Å²) in [6.07, 6.45) is 1.33. The summed E-state index contributed by atoms with van der Waals surface area (Å²) < 4.78 is 29.9. The molecule has 2 rings (SSSR count). The van der Waals surface area contributed by atoms with E-state index >= 15 is 0 Å². The summed E-state index contributed by atoms with van der Waals surface area (Å²) >= 11 is 0. The lowest BCUT2D eigenvalue weighted by molar-refractivity contribution is -0.884. The van der Waals surface area contributed by atoms with Crippen molar-refractivity contribution < 1.29 is 22.9 Å². The van der Waals surface area contributed by atoms with Crippen LogP contribution in [0.3, 0.4) is 0 Å². The molecule has 6 heteroatoms. The van der Waals surface area contributed by atoms with Crippen LogP contribution in [0.25, 0.3) is 6.08 Å². The van der Waals surface area contributed by atoms with Crippen LogP contribution in [0.4, 0.5) is 0 Å². The van der Waals surface area contributed by atoms with Gasteiger partial charge >= 0.3 is 0 Å². The number of hydrogen-bond donors (Lipinski definition) is 1.